The lowest BCUT2D eigenvalue weighted by Gasteiger charge is -2.33. The molecule has 1 aliphatic rings. The maximum atomic E-state index is 12.7. The van der Waals surface area contributed by atoms with Crippen LogP contribution in [0.4, 0.5) is 0 Å². The summed E-state index contributed by atoms with van der Waals surface area (Å²) in [6.45, 7) is 2.31. The molecule has 1 heterocycles. The molecular weight excluding hydrogens is 310 g/mol. The number of primary amides is 1. The third-order valence-electron chi connectivity index (χ3n) is 4.16. The lowest BCUT2D eigenvalue weighted by molar-refractivity contribution is -0.137. The molecule has 23 heavy (non-hydrogen) atoms. The van der Waals surface area contributed by atoms with Crippen LogP contribution in [0.15, 0.2) is 29.2 Å². The number of likely N-dealkylation sites (tertiary alicyclic amines) is 1. The number of carbonyl (C=O) groups is 2. The van der Waals surface area contributed by atoms with Gasteiger partial charge in [-0.15, -0.1) is 11.8 Å². The molecule has 0 aromatic heterocycles. The molecule has 1 aromatic rings. The zero-order chi connectivity index (χ0) is 16.8. The van der Waals surface area contributed by atoms with Crippen LogP contribution >= 0.6 is 11.8 Å². The van der Waals surface area contributed by atoms with Crippen molar-refractivity contribution in [3.05, 3.63) is 29.8 Å². The number of rotatable bonds is 6. The van der Waals surface area contributed by atoms with E-state index >= 15 is 0 Å². The van der Waals surface area contributed by atoms with Crippen LogP contribution in [0, 0.1) is 5.92 Å². The van der Waals surface area contributed by atoms with Gasteiger partial charge in [0.2, 0.25) is 11.8 Å². The van der Waals surface area contributed by atoms with Crippen molar-refractivity contribution in [1.82, 2.24) is 9.80 Å². The number of benzene rings is 1. The predicted octanol–water partition coefficient (Wildman–Crippen LogP) is 1.56. The fourth-order valence-electron chi connectivity index (χ4n) is 3.06. The molecule has 0 spiro atoms. The Morgan fingerprint density at radius 3 is 2.91 bits per heavy atom. The Morgan fingerprint density at radius 2 is 2.22 bits per heavy atom. The Hall–Kier alpha value is -1.53. The van der Waals surface area contributed by atoms with Gasteiger partial charge in [0.1, 0.15) is 0 Å². The number of thioether (sulfide) groups is 1. The van der Waals surface area contributed by atoms with Gasteiger partial charge in [-0.1, -0.05) is 12.1 Å². The largest absolute Gasteiger partial charge is 0.369 e. The first-order chi connectivity index (χ1) is 11.0. The number of piperidine rings is 1. The molecule has 0 radical (unpaired) electrons. The van der Waals surface area contributed by atoms with E-state index in [-0.39, 0.29) is 24.3 Å². The summed E-state index contributed by atoms with van der Waals surface area (Å²) in [5.74, 6) is -0.231. The molecule has 1 atom stereocenters. The highest BCUT2D eigenvalue weighted by atomic mass is 32.2. The van der Waals surface area contributed by atoms with Gasteiger partial charge in [0.15, 0.2) is 0 Å². The van der Waals surface area contributed by atoms with E-state index in [0.29, 0.717) is 13.1 Å². The fraction of sp³-hybridized carbons (Fsp3) is 0.529. The van der Waals surface area contributed by atoms with Crippen LogP contribution < -0.4 is 5.73 Å². The first-order valence-corrected chi connectivity index (χ1v) is 9.10. The summed E-state index contributed by atoms with van der Waals surface area (Å²) in [7, 11) is 1.85. The summed E-state index contributed by atoms with van der Waals surface area (Å²) in [4.78, 5) is 28.7. The normalized spacial score (nSPS) is 18.6. The molecule has 0 bridgehead atoms. The third kappa shape index (κ3) is 5.25. The summed E-state index contributed by atoms with van der Waals surface area (Å²) >= 11 is 1.70. The molecular formula is C17H25N3O2S. The zero-order valence-corrected chi connectivity index (χ0v) is 14.6. The zero-order valence-electron chi connectivity index (χ0n) is 13.8. The van der Waals surface area contributed by atoms with E-state index in [1.807, 2.05) is 30.3 Å². The lowest BCUT2D eigenvalue weighted by Crippen LogP contribution is -2.46. The standard InChI is InChI=1S/C17H25N3O2S/c1-19(10-13-5-3-7-15(9-13)23-2)17(22)14-6-4-8-20(11-14)12-16(18)21/h3,5,7,9,14H,4,6,8,10-12H2,1-2H3,(H2,18,21). The van der Waals surface area contributed by atoms with Gasteiger partial charge in [0.05, 0.1) is 12.5 Å². The first kappa shape index (κ1) is 17.8. The van der Waals surface area contributed by atoms with Gasteiger partial charge in [-0.2, -0.15) is 0 Å². The Labute approximate surface area is 142 Å². The Bertz CT molecular complexity index is 565. The summed E-state index contributed by atoms with van der Waals surface area (Å²) in [6, 6.07) is 8.26. The summed E-state index contributed by atoms with van der Waals surface area (Å²) < 4.78 is 0. The minimum absolute atomic E-state index is 0.0446. The molecule has 2 rings (SSSR count). The fourth-order valence-corrected chi connectivity index (χ4v) is 3.54. The van der Waals surface area contributed by atoms with E-state index in [9.17, 15) is 9.59 Å². The number of carbonyl (C=O) groups excluding carboxylic acids is 2. The van der Waals surface area contributed by atoms with Crippen LogP contribution in [0.5, 0.6) is 0 Å². The quantitative estimate of drug-likeness (QED) is 0.801. The molecule has 126 valence electrons. The summed E-state index contributed by atoms with van der Waals surface area (Å²) in [5, 5.41) is 0. The highest BCUT2D eigenvalue weighted by molar-refractivity contribution is 7.98. The van der Waals surface area contributed by atoms with E-state index in [4.69, 9.17) is 5.73 Å². The first-order valence-electron chi connectivity index (χ1n) is 7.88. The monoisotopic (exact) mass is 335 g/mol. The topological polar surface area (TPSA) is 66.6 Å². The van der Waals surface area contributed by atoms with E-state index in [1.54, 1.807) is 16.7 Å². The van der Waals surface area contributed by atoms with E-state index in [0.717, 1.165) is 24.9 Å². The van der Waals surface area contributed by atoms with Crippen LogP contribution in [0.1, 0.15) is 18.4 Å². The van der Waals surface area contributed by atoms with Crippen molar-refractivity contribution >= 4 is 23.6 Å². The lowest BCUT2D eigenvalue weighted by atomic mass is 9.96. The van der Waals surface area contributed by atoms with Crippen LogP contribution in [0.25, 0.3) is 0 Å². The minimum Gasteiger partial charge on any atom is -0.369 e. The summed E-state index contributed by atoms with van der Waals surface area (Å²) in [6.07, 6.45) is 3.85. The van der Waals surface area contributed by atoms with E-state index in [1.165, 1.54) is 4.90 Å². The smallest absolute Gasteiger partial charge is 0.231 e. The van der Waals surface area contributed by atoms with Crippen molar-refractivity contribution in [2.75, 3.05) is 32.9 Å². The Kier molecular flexibility index (Phi) is 6.47. The van der Waals surface area contributed by atoms with E-state index < -0.39 is 0 Å². The Morgan fingerprint density at radius 1 is 1.43 bits per heavy atom. The van der Waals surface area contributed by atoms with Crippen molar-refractivity contribution in [2.45, 2.75) is 24.3 Å². The highest BCUT2D eigenvalue weighted by Crippen LogP contribution is 2.20. The second kappa shape index (κ2) is 8.36. The van der Waals surface area contributed by atoms with Crippen molar-refractivity contribution in [3.63, 3.8) is 0 Å². The number of nitrogens with two attached hydrogens (primary N) is 1. The van der Waals surface area contributed by atoms with Crippen molar-refractivity contribution in [2.24, 2.45) is 11.7 Å². The number of hydrogen-bond donors (Lipinski definition) is 1. The van der Waals surface area contributed by atoms with Gasteiger partial charge in [-0.3, -0.25) is 14.5 Å². The number of amides is 2. The highest BCUT2D eigenvalue weighted by Gasteiger charge is 2.28. The molecule has 1 aromatic carbocycles. The maximum absolute atomic E-state index is 12.7. The number of hydrogen-bond acceptors (Lipinski definition) is 4. The maximum Gasteiger partial charge on any atom is 0.231 e. The average molecular weight is 335 g/mol. The van der Waals surface area contributed by atoms with Gasteiger partial charge < -0.3 is 10.6 Å². The second-order valence-corrected chi connectivity index (χ2v) is 6.97. The molecule has 1 unspecified atom stereocenters. The van der Waals surface area contributed by atoms with Crippen LogP contribution in [0.2, 0.25) is 0 Å². The van der Waals surface area contributed by atoms with Crippen LogP contribution in [-0.4, -0.2) is 54.6 Å². The van der Waals surface area contributed by atoms with Gasteiger partial charge in [-0.25, -0.2) is 0 Å². The molecule has 1 saturated heterocycles. The SMILES string of the molecule is CSc1cccc(CN(C)C(=O)C2CCCN(CC(N)=O)C2)c1. The van der Waals surface area contributed by atoms with Crippen LogP contribution in [0.3, 0.4) is 0 Å². The summed E-state index contributed by atoms with van der Waals surface area (Å²) in [5.41, 5.74) is 6.39. The molecule has 5 nitrogen and oxygen atoms in total. The van der Waals surface area contributed by atoms with Crippen molar-refractivity contribution in [3.8, 4) is 0 Å². The molecule has 0 aliphatic carbocycles. The van der Waals surface area contributed by atoms with Gasteiger partial charge in [-0.05, 0) is 43.3 Å². The molecule has 2 amide bonds. The predicted molar refractivity (Wildman–Crippen MR) is 93.1 cm³/mol. The third-order valence-corrected chi connectivity index (χ3v) is 4.89. The van der Waals surface area contributed by atoms with E-state index in [2.05, 4.69) is 12.1 Å². The average Bonchev–Trinajstić information content (AvgIpc) is 2.54. The second-order valence-electron chi connectivity index (χ2n) is 6.09. The number of nitrogens with zero attached hydrogens (tertiary/aromatic N) is 2. The van der Waals surface area contributed by atoms with Gasteiger partial charge >= 0.3 is 0 Å². The Balaban J connectivity index is 1.94. The molecule has 1 aliphatic heterocycles. The van der Waals surface area contributed by atoms with Gasteiger partial charge in [0, 0.05) is 25.0 Å². The molecule has 0 saturated carbocycles. The van der Waals surface area contributed by atoms with Crippen molar-refractivity contribution < 1.29 is 9.59 Å². The van der Waals surface area contributed by atoms with Gasteiger partial charge in [0.25, 0.3) is 0 Å². The van der Waals surface area contributed by atoms with Crippen LogP contribution in [-0.2, 0) is 16.1 Å². The van der Waals surface area contributed by atoms with Crippen molar-refractivity contribution in [1.29, 1.82) is 0 Å². The minimum atomic E-state index is -0.333. The molecule has 1 fully saturated rings. The molecule has 2 N–H and O–H groups in total. The molecule has 6 heteroatoms.